The van der Waals surface area contributed by atoms with E-state index in [1.807, 2.05) is 13.8 Å². The number of rotatable bonds is 10. The molecule has 0 aromatic heterocycles. The maximum atomic E-state index is 12.9. The van der Waals surface area contributed by atoms with E-state index in [0.717, 1.165) is 4.31 Å². The van der Waals surface area contributed by atoms with E-state index in [-0.39, 0.29) is 75.2 Å². The van der Waals surface area contributed by atoms with E-state index in [0.29, 0.717) is 25.1 Å². The van der Waals surface area contributed by atoms with Gasteiger partial charge in [0, 0.05) is 12.2 Å². The number of carboxylic acids is 1. The number of carboxylic acid groups (broad SMARTS) is 1. The Labute approximate surface area is 192 Å². The van der Waals surface area contributed by atoms with Crippen LogP contribution >= 0.6 is 0 Å². The second-order valence-electron chi connectivity index (χ2n) is 6.16. The zero-order chi connectivity index (χ0) is 18.3. The number of benzene rings is 1. The predicted octanol–water partition coefficient (Wildman–Crippen LogP) is -2.83. The van der Waals surface area contributed by atoms with Crippen LogP contribution in [-0.2, 0) is 14.8 Å². The third-order valence-electron chi connectivity index (χ3n) is 3.58. The first kappa shape index (κ1) is 25.0. The molecule has 0 aliphatic rings. The molecule has 0 amide bonds. The molecule has 0 saturated heterocycles. The van der Waals surface area contributed by atoms with Crippen molar-refractivity contribution in [3.05, 3.63) is 24.3 Å². The van der Waals surface area contributed by atoms with Crippen LogP contribution in [0, 0.1) is 5.92 Å². The maximum Gasteiger partial charge on any atom is 1.00 e. The van der Waals surface area contributed by atoms with Crippen LogP contribution in [0.25, 0.3) is 0 Å². The number of carbonyl (C=O) groups is 1. The van der Waals surface area contributed by atoms with Gasteiger partial charge in [0.1, 0.15) is 0 Å². The van der Waals surface area contributed by atoms with Crippen LogP contribution in [0.2, 0.25) is 0 Å². The summed E-state index contributed by atoms with van der Waals surface area (Å²) in [5.41, 5.74) is 11.5. The van der Waals surface area contributed by atoms with Gasteiger partial charge in [-0.15, -0.1) is 0 Å². The van der Waals surface area contributed by atoms with Gasteiger partial charge in [-0.25, -0.2) is 8.42 Å². The van der Waals surface area contributed by atoms with Gasteiger partial charge in [0.15, 0.2) is 0 Å². The molecule has 0 aliphatic carbocycles. The van der Waals surface area contributed by atoms with Crippen LogP contribution in [-0.4, -0.2) is 37.8 Å². The molecule has 1 aromatic rings. The number of unbranched alkanes of at least 4 members (excludes halogenated alkanes) is 1. The topological polar surface area (TPSA) is 130 Å². The molecule has 0 spiro atoms. The van der Waals surface area contributed by atoms with Crippen molar-refractivity contribution in [1.82, 2.24) is 4.31 Å². The normalized spacial score (nSPS) is 12.8. The van der Waals surface area contributed by atoms with Crippen LogP contribution in [0.5, 0.6) is 0 Å². The van der Waals surface area contributed by atoms with Crippen LogP contribution < -0.4 is 68.0 Å². The Hall–Kier alpha value is -0.00364. The molecule has 0 unspecified atom stereocenters. The number of hydrogen-bond donors (Lipinski definition) is 2. The summed E-state index contributed by atoms with van der Waals surface area (Å²) in [7, 11) is -3.97. The molecule has 1 aromatic carbocycles. The molecule has 9 heteroatoms. The van der Waals surface area contributed by atoms with Gasteiger partial charge in [0.05, 0.1) is 16.9 Å². The van der Waals surface area contributed by atoms with E-state index in [1.54, 1.807) is 0 Å². The average molecular weight is 396 g/mol. The Balaban J connectivity index is 0.00000576. The molecular formula is C16H26KN3O4S. The summed E-state index contributed by atoms with van der Waals surface area (Å²) in [6.07, 6.45) is 1.31. The van der Waals surface area contributed by atoms with E-state index in [1.165, 1.54) is 24.3 Å². The van der Waals surface area contributed by atoms with Gasteiger partial charge in [-0.2, -0.15) is 4.31 Å². The molecular weight excluding hydrogens is 369 g/mol. The van der Waals surface area contributed by atoms with Crippen molar-refractivity contribution in [3.63, 3.8) is 0 Å². The van der Waals surface area contributed by atoms with E-state index < -0.39 is 22.0 Å². The van der Waals surface area contributed by atoms with Gasteiger partial charge in [-0.3, -0.25) is 0 Å². The van der Waals surface area contributed by atoms with Crippen molar-refractivity contribution in [3.8, 4) is 0 Å². The number of hydrogen-bond acceptors (Lipinski definition) is 6. The number of nitrogen functional groups attached to an aromatic ring is 1. The Morgan fingerprint density at radius 3 is 2.20 bits per heavy atom. The molecule has 0 fully saturated rings. The molecule has 7 nitrogen and oxygen atoms in total. The van der Waals surface area contributed by atoms with Gasteiger partial charge < -0.3 is 21.4 Å². The van der Waals surface area contributed by atoms with Crippen molar-refractivity contribution in [1.29, 1.82) is 0 Å². The Morgan fingerprint density at radius 1 is 1.20 bits per heavy atom. The zero-order valence-electron chi connectivity index (χ0n) is 15.1. The summed E-state index contributed by atoms with van der Waals surface area (Å²) < 4.78 is 26.9. The van der Waals surface area contributed by atoms with E-state index in [9.17, 15) is 18.3 Å². The number of carbonyl (C=O) groups excluding carboxylic acids is 1. The molecule has 0 heterocycles. The van der Waals surface area contributed by atoms with Gasteiger partial charge in [-0.1, -0.05) is 20.3 Å². The van der Waals surface area contributed by atoms with Crippen molar-refractivity contribution in [2.24, 2.45) is 11.7 Å². The molecule has 1 rings (SSSR count). The minimum absolute atomic E-state index is 0. The fourth-order valence-corrected chi connectivity index (χ4v) is 4.16. The van der Waals surface area contributed by atoms with Crippen molar-refractivity contribution >= 4 is 21.7 Å². The summed E-state index contributed by atoms with van der Waals surface area (Å²) in [4.78, 5) is 11.6. The summed E-state index contributed by atoms with van der Waals surface area (Å²) in [5.74, 6) is -1.43. The van der Waals surface area contributed by atoms with Crippen LogP contribution in [0.15, 0.2) is 29.2 Å². The maximum absolute atomic E-state index is 12.9. The third kappa shape index (κ3) is 7.63. The number of sulfonamides is 1. The van der Waals surface area contributed by atoms with Crippen LogP contribution in [0.1, 0.15) is 33.1 Å². The fraction of sp³-hybridized carbons (Fsp3) is 0.562. The van der Waals surface area contributed by atoms with Crippen LogP contribution in [0.4, 0.5) is 5.69 Å². The third-order valence-corrected chi connectivity index (χ3v) is 5.47. The Bertz CT molecular complexity index is 635. The summed E-state index contributed by atoms with van der Waals surface area (Å²) >= 11 is 0. The van der Waals surface area contributed by atoms with E-state index in [2.05, 4.69) is 0 Å². The molecule has 136 valence electrons. The monoisotopic (exact) mass is 395 g/mol. The quantitative estimate of drug-likeness (QED) is 0.249. The fourth-order valence-electron chi connectivity index (χ4n) is 2.39. The predicted molar refractivity (Wildman–Crippen MR) is 91.3 cm³/mol. The smallest absolute Gasteiger partial charge is 0.548 e. The second-order valence-corrected chi connectivity index (χ2v) is 8.05. The van der Waals surface area contributed by atoms with Gasteiger partial charge >= 0.3 is 51.4 Å². The number of anilines is 1. The molecule has 0 bridgehead atoms. The summed E-state index contributed by atoms with van der Waals surface area (Å²) in [6, 6.07) is 4.49. The number of aliphatic carboxylic acids is 1. The number of nitrogens with zero attached hydrogens (tertiary/aromatic N) is 1. The summed E-state index contributed by atoms with van der Waals surface area (Å²) in [5, 5.41) is 11.6. The number of nitrogens with two attached hydrogens (primary N) is 2. The first-order valence-corrected chi connectivity index (χ1v) is 9.42. The Morgan fingerprint density at radius 2 is 1.76 bits per heavy atom. The molecule has 25 heavy (non-hydrogen) atoms. The van der Waals surface area contributed by atoms with Crippen molar-refractivity contribution in [2.45, 2.75) is 44.0 Å². The largest absolute Gasteiger partial charge is 1.00 e. The molecule has 0 aliphatic heterocycles. The van der Waals surface area contributed by atoms with E-state index >= 15 is 0 Å². The van der Waals surface area contributed by atoms with Gasteiger partial charge in [-0.05, 0) is 49.6 Å². The van der Waals surface area contributed by atoms with E-state index in [4.69, 9.17) is 11.5 Å². The Kier molecular flexibility index (Phi) is 11.7. The van der Waals surface area contributed by atoms with Crippen molar-refractivity contribution < 1.29 is 69.7 Å². The second kappa shape index (κ2) is 11.7. The van der Waals surface area contributed by atoms with Crippen molar-refractivity contribution in [2.75, 3.05) is 18.8 Å². The molecule has 1 atom stereocenters. The van der Waals surface area contributed by atoms with Gasteiger partial charge in [0.25, 0.3) is 0 Å². The SMILES string of the molecule is CC(C)CN([C@@H](CCCCN)C(=O)[O-])S(=O)(=O)c1ccc(N)cc1.[K+]. The van der Waals surface area contributed by atoms with Gasteiger partial charge in [0.2, 0.25) is 10.0 Å². The minimum atomic E-state index is -3.97. The van der Waals surface area contributed by atoms with Crippen LogP contribution in [0.3, 0.4) is 0 Å². The minimum Gasteiger partial charge on any atom is -0.548 e. The first-order valence-electron chi connectivity index (χ1n) is 7.98. The molecule has 0 radical (unpaired) electrons. The zero-order valence-corrected chi connectivity index (χ0v) is 19.1. The first-order chi connectivity index (χ1) is 11.2. The standard InChI is InChI=1S/C16H27N3O4S.K/c1-12(2)11-19(15(16(20)21)5-3-4-10-17)24(22,23)14-8-6-13(18)7-9-14;/h6-9,12,15H,3-5,10-11,17-18H2,1-2H3,(H,20,21);/q;+1/p-1/t15-;/m0./s1. The average Bonchev–Trinajstić information content (AvgIpc) is 2.49. The summed E-state index contributed by atoms with van der Waals surface area (Å²) in [6.45, 7) is 4.18. The molecule has 4 N–H and O–H groups in total. The molecule has 0 saturated carbocycles.